The number of carbonyl (C=O) groups excluding carboxylic acids is 1. The van der Waals surface area contributed by atoms with Crippen LogP contribution < -0.4 is 0 Å². The molecule has 2 nitrogen and oxygen atoms in total. The number of fused-ring (bicyclic) bond motifs is 5. The Morgan fingerprint density at radius 3 is 2.65 bits per heavy atom. The van der Waals surface area contributed by atoms with E-state index in [4.69, 9.17) is 0 Å². The summed E-state index contributed by atoms with van der Waals surface area (Å²) in [6, 6.07) is 0. The molecule has 2 saturated carbocycles. The molecule has 3 unspecified atom stereocenters. The Morgan fingerprint density at radius 1 is 1.13 bits per heavy atom. The van der Waals surface area contributed by atoms with Crippen LogP contribution in [0.2, 0.25) is 0 Å². The van der Waals surface area contributed by atoms with Gasteiger partial charge >= 0.3 is 0 Å². The van der Waals surface area contributed by atoms with Gasteiger partial charge in [-0.1, -0.05) is 32.1 Å². The molecule has 4 aliphatic carbocycles. The number of carbonyl (C=O) groups is 1. The normalized spacial score (nSPS) is 51.5. The van der Waals surface area contributed by atoms with Crippen molar-refractivity contribution in [3.05, 3.63) is 23.8 Å². The minimum Gasteiger partial charge on any atom is -0.389 e. The third kappa shape index (κ3) is 2.06. The van der Waals surface area contributed by atoms with Crippen molar-refractivity contribution in [1.29, 1.82) is 0 Å². The molecule has 0 amide bonds. The van der Waals surface area contributed by atoms with E-state index in [0.29, 0.717) is 23.5 Å². The monoisotopic (exact) mass is 314 g/mol. The third-order valence-corrected chi connectivity index (χ3v) is 8.13. The second kappa shape index (κ2) is 5.05. The van der Waals surface area contributed by atoms with Gasteiger partial charge in [0.05, 0.1) is 6.10 Å². The van der Waals surface area contributed by atoms with Crippen LogP contribution in [0.25, 0.3) is 0 Å². The molecule has 1 N–H and O–H groups in total. The highest BCUT2D eigenvalue weighted by Gasteiger charge is 2.58. The molecule has 0 bridgehead atoms. The van der Waals surface area contributed by atoms with Crippen molar-refractivity contribution in [3.8, 4) is 0 Å². The van der Waals surface area contributed by atoms with E-state index in [1.807, 2.05) is 0 Å². The number of hydrogen-bond acceptors (Lipinski definition) is 2. The fourth-order valence-electron chi connectivity index (χ4n) is 6.81. The van der Waals surface area contributed by atoms with Crippen LogP contribution >= 0.6 is 0 Å². The molecule has 0 aromatic heterocycles. The average Bonchev–Trinajstić information content (AvgIpc) is 2.85. The first kappa shape index (κ1) is 15.6. The largest absolute Gasteiger partial charge is 0.389 e. The molecule has 126 valence electrons. The Kier molecular flexibility index (Phi) is 3.43. The molecule has 0 aliphatic heterocycles. The second-order valence-corrected chi connectivity index (χ2v) is 9.08. The van der Waals surface area contributed by atoms with Gasteiger partial charge in [-0.3, -0.25) is 4.79 Å². The fraction of sp³-hybridized carbons (Fsp3) is 0.762. The molecule has 4 aliphatic rings. The molecule has 0 aromatic rings. The van der Waals surface area contributed by atoms with Crippen LogP contribution in [0.15, 0.2) is 23.8 Å². The predicted octanol–water partition coefficient (Wildman–Crippen LogP) is 4.29. The lowest BCUT2D eigenvalue weighted by Gasteiger charge is -2.56. The van der Waals surface area contributed by atoms with Gasteiger partial charge in [-0.15, -0.1) is 0 Å². The molecule has 2 fully saturated rings. The molecule has 0 radical (unpaired) electrons. The van der Waals surface area contributed by atoms with Crippen LogP contribution in [-0.4, -0.2) is 17.0 Å². The second-order valence-electron chi connectivity index (χ2n) is 9.08. The van der Waals surface area contributed by atoms with E-state index >= 15 is 0 Å². The van der Waals surface area contributed by atoms with Crippen molar-refractivity contribution in [2.45, 2.75) is 65.4 Å². The highest BCUT2D eigenvalue weighted by atomic mass is 16.3. The standard InChI is InChI=1S/C21H30O2/c1-13(22)17-6-7-18-16-5-4-14-12-15(23)8-10-20(14,2)19(16)9-11-21(17,18)3/h4-5,12,15-19,23H,6-11H2,1-3H3/t15?,16-,17+,18?,19?,20-,21+/m0/s1. The van der Waals surface area contributed by atoms with E-state index in [0.717, 1.165) is 19.3 Å². The number of rotatable bonds is 1. The lowest BCUT2D eigenvalue weighted by molar-refractivity contribution is -0.126. The fourth-order valence-corrected chi connectivity index (χ4v) is 6.81. The minimum atomic E-state index is -0.262. The summed E-state index contributed by atoms with van der Waals surface area (Å²) in [4.78, 5) is 12.1. The molecule has 0 aromatic carbocycles. The van der Waals surface area contributed by atoms with Crippen LogP contribution in [0, 0.1) is 34.5 Å². The van der Waals surface area contributed by atoms with Crippen LogP contribution in [-0.2, 0) is 4.79 Å². The summed E-state index contributed by atoms with van der Waals surface area (Å²) in [6.45, 7) is 6.61. The highest BCUT2D eigenvalue weighted by molar-refractivity contribution is 5.79. The van der Waals surface area contributed by atoms with Crippen LogP contribution in [0.4, 0.5) is 0 Å². The zero-order valence-electron chi connectivity index (χ0n) is 14.7. The summed E-state index contributed by atoms with van der Waals surface area (Å²) in [7, 11) is 0. The van der Waals surface area contributed by atoms with Crippen molar-refractivity contribution in [2.24, 2.45) is 34.5 Å². The Hall–Kier alpha value is -0.890. The maximum absolute atomic E-state index is 12.1. The Morgan fingerprint density at radius 2 is 1.91 bits per heavy atom. The zero-order valence-corrected chi connectivity index (χ0v) is 14.7. The Bertz CT molecular complexity index is 589. The third-order valence-electron chi connectivity index (χ3n) is 8.13. The van der Waals surface area contributed by atoms with Crippen molar-refractivity contribution < 1.29 is 9.90 Å². The van der Waals surface area contributed by atoms with E-state index in [1.54, 1.807) is 6.92 Å². The van der Waals surface area contributed by atoms with E-state index in [2.05, 4.69) is 32.1 Å². The van der Waals surface area contributed by atoms with Crippen molar-refractivity contribution in [1.82, 2.24) is 0 Å². The highest BCUT2D eigenvalue weighted by Crippen LogP contribution is 2.65. The zero-order chi connectivity index (χ0) is 16.4. The van der Waals surface area contributed by atoms with Crippen LogP contribution in [0.3, 0.4) is 0 Å². The number of aliphatic hydroxyl groups excluding tert-OH is 1. The molecule has 4 rings (SSSR count). The molecule has 0 spiro atoms. The van der Waals surface area contributed by atoms with Gasteiger partial charge < -0.3 is 5.11 Å². The number of Topliss-reactive ketones (excluding diaryl/α,β-unsaturated/α-hetero) is 1. The van der Waals surface area contributed by atoms with E-state index in [-0.39, 0.29) is 22.9 Å². The molecule has 23 heavy (non-hydrogen) atoms. The Balaban J connectivity index is 1.71. The van der Waals surface area contributed by atoms with E-state index in [1.165, 1.54) is 24.8 Å². The summed E-state index contributed by atoms with van der Waals surface area (Å²) < 4.78 is 0. The van der Waals surface area contributed by atoms with Gasteiger partial charge in [0.1, 0.15) is 5.78 Å². The topological polar surface area (TPSA) is 37.3 Å². The van der Waals surface area contributed by atoms with Gasteiger partial charge in [0, 0.05) is 5.92 Å². The number of allylic oxidation sites excluding steroid dienone is 3. The SMILES string of the molecule is CC(=O)[C@H]1CCC2[C@@H]3C=CC4=CC(O)CC[C@]4(C)C3CC[C@@]21C. The van der Waals surface area contributed by atoms with Crippen molar-refractivity contribution >= 4 is 5.78 Å². The number of hydrogen-bond donors (Lipinski definition) is 1. The minimum absolute atomic E-state index is 0.211. The van der Waals surface area contributed by atoms with Gasteiger partial charge in [0.25, 0.3) is 0 Å². The predicted molar refractivity (Wildman–Crippen MR) is 91.8 cm³/mol. The number of aliphatic hydroxyl groups is 1. The lowest BCUT2D eigenvalue weighted by Crippen LogP contribution is -2.49. The summed E-state index contributed by atoms with van der Waals surface area (Å²) in [5.41, 5.74) is 1.81. The van der Waals surface area contributed by atoms with Gasteiger partial charge in [0.15, 0.2) is 0 Å². The maximum atomic E-state index is 12.1. The average molecular weight is 314 g/mol. The summed E-state index contributed by atoms with van der Waals surface area (Å²) >= 11 is 0. The van der Waals surface area contributed by atoms with Gasteiger partial charge in [-0.2, -0.15) is 0 Å². The summed E-state index contributed by atoms with van der Waals surface area (Å²) in [5.74, 6) is 2.66. The van der Waals surface area contributed by atoms with Crippen molar-refractivity contribution in [3.63, 3.8) is 0 Å². The molecular weight excluding hydrogens is 284 g/mol. The molecule has 0 saturated heterocycles. The first-order valence-electron chi connectivity index (χ1n) is 9.45. The first-order valence-corrected chi connectivity index (χ1v) is 9.45. The van der Waals surface area contributed by atoms with Gasteiger partial charge in [-0.25, -0.2) is 0 Å². The maximum Gasteiger partial charge on any atom is 0.133 e. The first-order chi connectivity index (χ1) is 10.9. The van der Waals surface area contributed by atoms with E-state index < -0.39 is 0 Å². The molecule has 2 heteroatoms. The molecular formula is C21H30O2. The van der Waals surface area contributed by atoms with Gasteiger partial charge in [-0.05, 0) is 79.6 Å². The summed E-state index contributed by atoms with van der Waals surface area (Å²) in [6.07, 6.45) is 13.3. The smallest absolute Gasteiger partial charge is 0.133 e. The summed E-state index contributed by atoms with van der Waals surface area (Å²) in [5, 5.41) is 10.00. The van der Waals surface area contributed by atoms with Crippen LogP contribution in [0.1, 0.15) is 59.3 Å². The van der Waals surface area contributed by atoms with Crippen LogP contribution in [0.5, 0.6) is 0 Å². The Labute approximate surface area is 140 Å². The molecule has 0 heterocycles. The molecule has 7 atom stereocenters. The quantitative estimate of drug-likeness (QED) is 0.784. The lowest BCUT2D eigenvalue weighted by atomic mass is 9.48. The van der Waals surface area contributed by atoms with Gasteiger partial charge in [0.2, 0.25) is 0 Å². The van der Waals surface area contributed by atoms with E-state index in [9.17, 15) is 9.90 Å². The number of ketones is 1. The van der Waals surface area contributed by atoms with Crippen molar-refractivity contribution in [2.75, 3.05) is 0 Å².